The second kappa shape index (κ2) is 9.92. The third-order valence-electron chi connectivity index (χ3n) is 5.43. The molecule has 0 saturated heterocycles. The van der Waals surface area contributed by atoms with Crippen LogP contribution in [0.4, 0.5) is 18.9 Å². The molecule has 3 aromatic carbocycles. The highest BCUT2D eigenvalue weighted by Gasteiger charge is 2.30. The molecule has 7 heteroatoms. The van der Waals surface area contributed by atoms with Crippen molar-refractivity contribution in [2.75, 3.05) is 0 Å². The average molecular weight is 465 g/mol. The van der Waals surface area contributed by atoms with Gasteiger partial charge in [-0.25, -0.2) is 4.85 Å². The quantitative estimate of drug-likeness (QED) is 0.293. The molecule has 0 aliphatic carbocycles. The van der Waals surface area contributed by atoms with E-state index < -0.39 is 23.6 Å². The maximum atomic E-state index is 13.2. The van der Waals surface area contributed by atoms with Crippen molar-refractivity contribution in [2.24, 2.45) is 5.92 Å². The summed E-state index contributed by atoms with van der Waals surface area (Å²) in [6, 6.07) is 15.3. The van der Waals surface area contributed by atoms with E-state index in [4.69, 9.17) is 6.57 Å². The fourth-order valence-corrected chi connectivity index (χ4v) is 3.71. The van der Waals surface area contributed by atoms with Crippen LogP contribution in [0.3, 0.4) is 0 Å². The summed E-state index contributed by atoms with van der Waals surface area (Å²) in [5, 5.41) is 9.83. The molecule has 1 unspecified atom stereocenters. The molecule has 0 radical (unpaired) electrons. The molecular weight excluding hydrogens is 443 g/mol. The maximum absolute atomic E-state index is 13.2. The number of carbonyl (C=O) groups is 2. The van der Waals surface area contributed by atoms with Crippen molar-refractivity contribution in [3.63, 3.8) is 0 Å². The van der Waals surface area contributed by atoms with Gasteiger partial charge in [-0.2, -0.15) is 13.2 Å². The zero-order valence-corrected chi connectivity index (χ0v) is 18.6. The van der Waals surface area contributed by atoms with Gasteiger partial charge in [-0.05, 0) is 53.3 Å². The Balaban J connectivity index is 2.13. The molecule has 0 aliphatic rings. The molecule has 0 fully saturated rings. The molecule has 0 aliphatic heterocycles. The van der Waals surface area contributed by atoms with Gasteiger partial charge < -0.3 is 5.11 Å². The van der Waals surface area contributed by atoms with E-state index in [2.05, 4.69) is 4.85 Å². The zero-order valence-electron chi connectivity index (χ0n) is 18.6. The lowest BCUT2D eigenvalue weighted by molar-refractivity contribution is -0.139. The van der Waals surface area contributed by atoms with E-state index in [1.165, 1.54) is 42.5 Å². The first-order chi connectivity index (χ1) is 16.0. The normalized spacial score (nSPS) is 12.3. The third-order valence-corrected chi connectivity index (χ3v) is 5.43. The lowest BCUT2D eigenvalue weighted by Gasteiger charge is -2.18. The van der Waals surface area contributed by atoms with Crippen molar-refractivity contribution >= 4 is 17.4 Å². The number of carboxylic acid groups (broad SMARTS) is 1. The molecule has 174 valence electrons. The number of alkyl halides is 3. The summed E-state index contributed by atoms with van der Waals surface area (Å²) in [6.45, 7) is 10.8. The topological polar surface area (TPSA) is 58.7 Å². The Morgan fingerprint density at radius 3 is 2.03 bits per heavy atom. The highest BCUT2D eigenvalue weighted by atomic mass is 19.4. The molecule has 0 spiro atoms. The predicted octanol–water partition coefficient (Wildman–Crippen LogP) is 7.37. The van der Waals surface area contributed by atoms with E-state index in [-0.39, 0.29) is 17.3 Å². The van der Waals surface area contributed by atoms with Gasteiger partial charge in [0.15, 0.2) is 11.5 Å². The van der Waals surface area contributed by atoms with Gasteiger partial charge in [-0.3, -0.25) is 9.59 Å². The van der Waals surface area contributed by atoms with Crippen molar-refractivity contribution in [1.29, 1.82) is 0 Å². The number of carboxylic acids is 1. The highest BCUT2D eigenvalue weighted by molar-refractivity contribution is 6.10. The van der Waals surface area contributed by atoms with Crippen LogP contribution < -0.4 is 0 Å². The number of hydrogen-bond acceptors (Lipinski definition) is 2. The Morgan fingerprint density at radius 2 is 1.53 bits per heavy atom. The van der Waals surface area contributed by atoms with Gasteiger partial charge in [0.2, 0.25) is 0 Å². The summed E-state index contributed by atoms with van der Waals surface area (Å²) in [4.78, 5) is 28.5. The molecule has 1 atom stereocenters. The Bertz CT molecular complexity index is 1240. The SMILES string of the molecule is [C-]#[N+]c1ccc(C(=O)c2cc(-c3ccc(C(F)(F)F)cc3)cc(C(CC(C)C)C(=O)O)c2)cc1. The van der Waals surface area contributed by atoms with Crippen LogP contribution in [-0.2, 0) is 11.0 Å². The Kier molecular flexibility index (Phi) is 7.21. The molecule has 0 bridgehead atoms. The minimum absolute atomic E-state index is 0.0659. The lowest BCUT2D eigenvalue weighted by atomic mass is 9.86. The van der Waals surface area contributed by atoms with E-state index in [1.807, 2.05) is 13.8 Å². The first kappa shape index (κ1) is 24.7. The fraction of sp³-hybridized carbons (Fsp3) is 0.222. The monoisotopic (exact) mass is 465 g/mol. The summed E-state index contributed by atoms with van der Waals surface area (Å²) in [6.07, 6.45) is -4.15. The third kappa shape index (κ3) is 5.70. The first-order valence-electron chi connectivity index (χ1n) is 10.6. The van der Waals surface area contributed by atoms with E-state index in [0.29, 0.717) is 34.4 Å². The fourth-order valence-electron chi connectivity index (χ4n) is 3.71. The van der Waals surface area contributed by atoms with Gasteiger partial charge in [-0.1, -0.05) is 56.3 Å². The summed E-state index contributed by atoms with van der Waals surface area (Å²) in [5.74, 6) is -2.24. The molecule has 0 aromatic heterocycles. The Morgan fingerprint density at radius 1 is 0.912 bits per heavy atom. The molecule has 3 rings (SSSR count). The predicted molar refractivity (Wildman–Crippen MR) is 123 cm³/mol. The minimum atomic E-state index is -4.48. The number of benzene rings is 3. The number of hydrogen-bond donors (Lipinski definition) is 1. The van der Waals surface area contributed by atoms with Crippen LogP contribution >= 0.6 is 0 Å². The van der Waals surface area contributed by atoms with Crippen molar-refractivity contribution < 1.29 is 27.9 Å². The summed E-state index contributed by atoms with van der Waals surface area (Å²) < 4.78 is 39.0. The summed E-state index contributed by atoms with van der Waals surface area (Å²) >= 11 is 0. The molecule has 3 aromatic rings. The maximum Gasteiger partial charge on any atom is 0.416 e. The van der Waals surface area contributed by atoms with Crippen LogP contribution in [0, 0.1) is 12.5 Å². The Labute approximate surface area is 195 Å². The van der Waals surface area contributed by atoms with E-state index >= 15 is 0 Å². The van der Waals surface area contributed by atoms with Gasteiger partial charge in [0.25, 0.3) is 0 Å². The molecule has 0 saturated carbocycles. The van der Waals surface area contributed by atoms with Gasteiger partial charge in [0, 0.05) is 11.1 Å². The van der Waals surface area contributed by atoms with Crippen molar-refractivity contribution in [3.05, 3.63) is 100 Å². The van der Waals surface area contributed by atoms with Crippen LogP contribution in [-0.4, -0.2) is 16.9 Å². The second-order valence-electron chi connectivity index (χ2n) is 8.43. The smallest absolute Gasteiger partial charge is 0.416 e. The van der Waals surface area contributed by atoms with Crippen LogP contribution in [0.1, 0.15) is 53.2 Å². The number of carbonyl (C=O) groups excluding carboxylic acids is 1. The minimum Gasteiger partial charge on any atom is -0.481 e. The molecule has 0 heterocycles. The van der Waals surface area contributed by atoms with E-state index in [9.17, 15) is 27.9 Å². The largest absolute Gasteiger partial charge is 0.481 e. The van der Waals surface area contributed by atoms with E-state index in [1.54, 1.807) is 12.1 Å². The molecule has 1 N–H and O–H groups in total. The molecule has 4 nitrogen and oxygen atoms in total. The number of aliphatic carboxylic acids is 1. The van der Waals surface area contributed by atoms with Crippen LogP contribution in [0.2, 0.25) is 0 Å². The summed E-state index contributed by atoms with van der Waals surface area (Å²) in [7, 11) is 0. The van der Waals surface area contributed by atoms with Crippen molar-refractivity contribution in [1.82, 2.24) is 0 Å². The van der Waals surface area contributed by atoms with Gasteiger partial charge >= 0.3 is 12.1 Å². The number of ketones is 1. The molecule has 0 amide bonds. The van der Waals surface area contributed by atoms with Gasteiger partial charge in [0.05, 0.1) is 18.1 Å². The highest BCUT2D eigenvalue weighted by Crippen LogP contribution is 2.34. The number of nitrogens with zero attached hydrogens (tertiary/aromatic N) is 1. The van der Waals surface area contributed by atoms with Gasteiger partial charge in [-0.15, -0.1) is 0 Å². The Hall–Kier alpha value is -3.92. The summed E-state index contributed by atoms with van der Waals surface area (Å²) in [5.41, 5.74) is 1.39. The molecular formula is C27H22F3NO3. The standard InChI is InChI=1S/C27H22F3NO3/c1-16(2)12-24(26(33)34)20-13-19(17-4-8-22(9-5-17)27(28,29)30)14-21(15-20)25(32)18-6-10-23(31-3)11-7-18/h4-11,13-16,24H,12H2,1-2H3,(H,33,34). The second-order valence-corrected chi connectivity index (χ2v) is 8.43. The van der Waals surface area contributed by atoms with E-state index in [0.717, 1.165) is 12.1 Å². The lowest BCUT2D eigenvalue weighted by Crippen LogP contribution is -2.15. The van der Waals surface area contributed by atoms with Crippen LogP contribution in [0.25, 0.3) is 16.0 Å². The molecule has 34 heavy (non-hydrogen) atoms. The average Bonchev–Trinajstić information content (AvgIpc) is 2.81. The van der Waals surface area contributed by atoms with Gasteiger partial charge in [0.1, 0.15) is 0 Å². The first-order valence-corrected chi connectivity index (χ1v) is 10.6. The van der Waals surface area contributed by atoms with Crippen LogP contribution in [0.5, 0.6) is 0 Å². The number of halogens is 3. The van der Waals surface area contributed by atoms with Crippen molar-refractivity contribution in [3.8, 4) is 11.1 Å². The number of rotatable bonds is 7. The zero-order chi connectivity index (χ0) is 25.0. The van der Waals surface area contributed by atoms with Crippen molar-refractivity contribution in [2.45, 2.75) is 32.4 Å². The van der Waals surface area contributed by atoms with Crippen LogP contribution in [0.15, 0.2) is 66.7 Å².